The molecule has 7 heteroatoms. The number of hydrogen-bond acceptors (Lipinski definition) is 7. The molecule has 2 aliphatic heterocycles. The first-order chi connectivity index (χ1) is 20.1. The molecule has 0 aromatic rings. The zero-order chi connectivity index (χ0) is 31.0. The van der Waals surface area contributed by atoms with Gasteiger partial charge < -0.3 is 29.7 Å². The van der Waals surface area contributed by atoms with Gasteiger partial charge in [0.2, 0.25) is 0 Å². The average molecular weight is 602 g/mol. The molecular formula is C36H59NO6. The van der Waals surface area contributed by atoms with Crippen molar-refractivity contribution in [3.05, 3.63) is 0 Å². The summed E-state index contributed by atoms with van der Waals surface area (Å²) in [6, 6.07) is -0.116. The Balaban J connectivity index is 1.16. The molecule has 5 aliphatic carbocycles. The quantitative estimate of drug-likeness (QED) is 0.358. The summed E-state index contributed by atoms with van der Waals surface area (Å²) >= 11 is 0. The Kier molecular flexibility index (Phi) is 6.94. The van der Waals surface area contributed by atoms with Crippen LogP contribution >= 0.6 is 0 Å². The van der Waals surface area contributed by atoms with Gasteiger partial charge in [0, 0.05) is 17.4 Å². The Labute approximate surface area is 259 Å². The molecule has 7 fully saturated rings. The first-order valence-electron chi connectivity index (χ1n) is 17.7. The molecule has 5 saturated carbocycles. The van der Waals surface area contributed by atoms with Crippen LogP contribution in [-0.2, 0) is 19.0 Å². The minimum absolute atomic E-state index is 0.00185. The van der Waals surface area contributed by atoms with Crippen LogP contribution in [0, 0.1) is 50.7 Å². The predicted molar refractivity (Wildman–Crippen MR) is 164 cm³/mol. The number of rotatable bonds is 6. The zero-order valence-corrected chi connectivity index (χ0v) is 28.1. The van der Waals surface area contributed by atoms with E-state index in [1.165, 1.54) is 12.8 Å². The maximum absolute atomic E-state index is 12.9. The first-order valence-corrected chi connectivity index (χ1v) is 17.7. The fourth-order valence-electron chi connectivity index (χ4n) is 13.4. The van der Waals surface area contributed by atoms with Gasteiger partial charge in [0.15, 0.2) is 0 Å². The normalized spacial score (nSPS) is 53.7. The van der Waals surface area contributed by atoms with E-state index < -0.39 is 17.8 Å². The highest BCUT2D eigenvalue weighted by molar-refractivity contribution is 5.77. The molecule has 0 aromatic carbocycles. The summed E-state index contributed by atoms with van der Waals surface area (Å²) in [5, 5.41) is 26.7. The maximum atomic E-state index is 12.9. The lowest BCUT2D eigenvalue weighted by molar-refractivity contribution is -0.215. The van der Waals surface area contributed by atoms with Gasteiger partial charge in [-0.15, -0.1) is 0 Å². The van der Waals surface area contributed by atoms with Crippen LogP contribution in [0.5, 0.6) is 0 Å². The maximum Gasteiger partial charge on any atom is 0.323 e. The van der Waals surface area contributed by atoms with E-state index in [-0.39, 0.29) is 52.0 Å². The van der Waals surface area contributed by atoms with Crippen LogP contribution in [0.4, 0.5) is 0 Å². The van der Waals surface area contributed by atoms with Crippen molar-refractivity contribution in [1.82, 2.24) is 5.32 Å². The lowest BCUT2D eigenvalue weighted by Crippen LogP contribution is -2.60. The largest absolute Gasteiger partial charge is 0.461 e. The fourth-order valence-corrected chi connectivity index (χ4v) is 13.4. The Hall–Kier alpha value is -0.730. The Morgan fingerprint density at radius 3 is 2.35 bits per heavy atom. The van der Waals surface area contributed by atoms with Crippen molar-refractivity contribution in [1.29, 1.82) is 0 Å². The van der Waals surface area contributed by atoms with Crippen LogP contribution in [-0.4, -0.2) is 71.5 Å². The van der Waals surface area contributed by atoms with Crippen LogP contribution < -0.4 is 5.32 Å². The standard InChI is InChI=1S/C36H59NO6/c1-9-41-29(32(5,6)40)22-18-20(2)26-27(42-22)28(38)34(8)24-11-10-23-31(3,4)25(43-30(39)21-13-17-37-21)12-14-35(23)19-36(24,35)16-15-33(26,34)7/h20-29,37-38,40H,9-19H2,1-8H3/t20-,21?,22-,23+,24+,25+,26+,27+,28+,29+,33-,34-,35?,36+/m1/s1. The van der Waals surface area contributed by atoms with Gasteiger partial charge in [-0.1, -0.05) is 34.6 Å². The second kappa shape index (κ2) is 9.65. The number of carbonyl (C=O) groups is 1. The average Bonchev–Trinajstić information content (AvgIpc) is 3.52. The lowest BCUT2D eigenvalue weighted by atomic mass is 9.41. The summed E-state index contributed by atoms with van der Waals surface area (Å²) in [5.41, 5.74) is -0.727. The molecule has 2 unspecified atom stereocenters. The van der Waals surface area contributed by atoms with Gasteiger partial charge in [-0.3, -0.25) is 4.79 Å². The van der Waals surface area contributed by atoms with Crippen LogP contribution in [0.1, 0.15) is 113 Å². The van der Waals surface area contributed by atoms with Crippen molar-refractivity contribution in [2.24, 2.45) is 50.7 Å². The second-order valence-corrected chi connectivity index (χ2v) is 17.8. The number of nitrogens with one attached hydrogen (secondary N) is 1. The van der Waals surface area contributed by atoms with Crippen molar-refractivity contribution in [3.63, 3.8) is 0 Å². The first kappa shape index (κ1) is 30.9. The van der Waals surface area contributed by atoms with Crippen molar-refractivity contribution >= 4 is 5.97 Å². The lowest BCUT2D eigenvalue weighted by Gasteiger charge is -2.63. The third-order valence-electron chi connectivity index (χ3n) is 15.5. The van der Waals surface area contributed by atoms with Crippen LogP contribution in [0.3, 0.4) is 0 Å². The molecule has 7 rings (SSSR count). The predicted octanol–water partition coefficient (Wildman–Crippen LogP) is 5.25. The minimum atomic E-state index is -1.02. The summed E-state index contributed by atoms with van der Waals surface area (Å²) in [5.74, 6) is 1.63. The molecule has 43 heavy (non-hydrogen) atoms. The Morgan fingerprint density at radius 2 is 1.72 bits per heavy atom. The monoisotopic (exact) mass is 601 g/mol. The highest BCUT2D eigenvalue weighted by atomic mass is 16.6. The van der Waals surface area contributed by atoms with Crippen LogP contribution in [0.2, 0.25) is 0 Å². The van der Waals surface area contributed by atoms with E-state index in [2.05, 4.69) is 39.9 Å². The number of aliphatic hydroxyl groups excluding tert-OH is 1. The molecule has 2 heterocycles. The molecule has 2 saturated heterocycles. The molecule has 0 bridgehead atoms. The van der Waals surface area contributed by atoms with Crippen molar-refractivity contribution < 1.29 is 29.2 Å². The number of aliphatic hydroxyl groups is 2. The number of carbonyl (C=O) groups excluding carboxylic acids is 1. The van der Waals surface area contributed by atoms with Gasteiger partial charge in [0.25, 0.3) is 0 Å². The molecule has 7 aliphatic rings. The van der Waals surface area contributed by atoms with Crippen LogP contribution in [0.25, 0.3) is 0 Å². The smallest absolute Gasteiger partial charge is 0.323 e. The third-order valence-corrected chi connectivity index (χ3v) is 15.5. The van der Waals surface area contributed by atoms with Crippen molar-refractivity contribution in [3.8, 4) is 0 Å². The van der Waals surface area contributed by atoms with E-state index in [1.54, 1.807) is 0 Å². The summed E-state index contributed by atoms with van der Waals surface area (Å²) in [7, 11) is 0. The highest BCUT2D eigenvalue weighted by Crippen LogP contribution is 2.89. The van der Waals surface area contributed by atoms with E-state index in [0.717, 1.165) is 51.5 Å². The number of esters is 1. The van der Waals surface area contributed by atoms with E-state index in [4.69, 9.17) is 14.2 Å². The number of hydrogen-bond donors (Lipinski definition) is 3. The second-order valence-electron chi connectivity index (χ2n) is 17.8. The van der Waals surface area contributed by atoms with Crippen molar-refractivity contribution in [2.45, 2.75) is 155 Å². The van der Waals surface area contributed by atoms with E-state index in [1.807, 2.05) is 20.8 Å². The van der Waals surface area contributed by atoms with Crippen LogP contribution in [0.15, 0.2) is 0 Å². The van der Waals surface area contributed by atoms with E-state index in [9.17, 15) is 15.0 Å². The molecular weight excluding hydrogens is 542 g/mol. The summed E-state index contributed by atoms with van der Waals surface area (Å²) in [6.07, 6.45) is 8.31. The van der Waals surface area contributed by atoms with Gasteiger partial charge in [-0.25, -0.2) is 0 Å². The Morgan fingerprint density at radius 1 is 1.05 bits per heavy atom. The summed E-state index contributed by atoms with van der Waals surface area (Å²) in [4.78, 5) is 12.9. The highest BCUT2D eigenvalue weighted by Gasteiger charge is 2.84. The van der Waals surface area contributed by atoms with Gasteiger partial charge in [-0.05, 0) is 125 Å². The Bertz CT molecular complexity index is 1130. The molecule has 2 spiro atoms. The van der Waals surface area contributed by atoms with Gasteiger partial charge in [0.1, 0.15) is 18.2 Å². The SMILES string of the molecule is CCO[C@@H]([C@H]1C[C@@H](C)[C@H]2[C@H](O1)[C@H](O)[C@@]1(C)[C@@H]3CC[C@H]4C(C)(C)[C@@H](OC(=O)C5CCN5)CCC45C[C@@]35CC[C@]21C)C(C)(C)O. The van der Waals surface area contributed by atoms with Gasteiger partial charge in [-0.2, -0.15) is 0 Å². The topological polar surface area (TPSA) is 97.3 Å². The molecule has 7 nitrogen and oxygen atoms in total. The summed E-state index contributed by atoms with van der Waals surface area (Å²) < 4.78 is 19.3. The third kappa shape index (κ3) is 3.87. The number of fused-ring (bicyclic) bond motifs is 4. The molecule has 0 radical (unpaired) electrons. The molecule has 3 N–H and O–H groups in total. The molecule has 14 atom stereocenters. The number of ether oxygens (including phenoxy) is 3. The summed E-state index contributed by atoms with van der Waals surface area (Å²) in [6.45, 7) is 19.1. The molecule has 0 aromatic heterocycles. The van der Waals surface area contributed by atoms with E-state index >= 15 is 0 Å². The minimum Gasteiger partial charge on any atom is -0.461 e. The molecule has 0 amide bonds. The van der Waals surface area contributed by atoms with Crippen molar-refractivity contribution in [2.75, 3.05) is 13.2 Å². The fraction of sp³-hybridized carbons (Fsp3) is 0.972. The van der Waals surface area contributed by atoms with E-state index in [0.29, 0.717) is 35.7 Å². The molecule has 244 valence electrons. The van der Waals surface area contributed by atoms with Gasteiger partial charge >= 0.3 is 5.97 Å². The zero-order valence-electron chi connectivity index (χ0n) is 28.1. The van der Waals surface area contributed by atoms with Gasteiger partial charge in [0.05, 0.1) is 23.9 Å².